The molecule has 0 radical (unpaired) electrons. The molecule has 1 N–H and O–H groups in total. The topological polar surface area (TPSA) is 46.5 Å². The maximum atomic E-state index is 10.5. The van der Waals surface area contributed by atoms with Crippen molar-refractivity contribution in [3.8, 4) is 0 Å². The molecule has 0 heterocycles. The van der Waals surface area contributed by atoms with Crippen molar-refractivity contribution in [1.82, 2.24) is 0 Å². The van der Waals surface area contributed by atoms with E-state index in [9.17, 15) is 4.79 Å². The summed E-state index contributed by atoms with van der Waals surface area (Å²) in [6.45, 7) is 8.11. The van der Waals surface area contributed by atoms with Crippen LogP contribution in [0.25, 0.3) is 0 Å². The highest BCUT2D eigenvalue weighted by Crippen LogP contribution is 2.02. The Balaban J connectivity index is 4.27. The second-order valence-corrected chi connectivity index (χ2v) is 1.82. The van der Waals surface area contributed by atoms with Gasteiger partial charge in [0.25, 0.3) is 5.95 Å². The van der Waals surface area contributed by atoms with Gasteiger partial charge in [0.2, 0.25) is 0 Å². The van der Waals surface area contributed by atoms with E-state index in [1.807, 2.05) is 0 Å². The third kappa shape index (κ3) is 3.25. The van der Waals surface area contributed by atoms with Gasteiger partial charge in [0.15, 0.2) is 0 Å². The number of hydrogen-bond donors (Lipinski definition) is 1. The quantitative estimate of drug-likeness (QED) is 0.291. The number of aliphatic hydroxyl groups is 1. The molecule has 0 saturated carbocycles. The fourth-order valence-corrected chi connectivity index (χ4v) is 0.305. The summed E-state index contributed by atoms with van der Waals surface area (Å²) in [4.78, 5) is 10.5. The molecule has 0 aliphatic carbocycles. The molecule has 3 nitrogen and oxygen atoms in total. The van der Waals surface area contributed by atoms with Crippen LogP contribution in [0.15, 0.2) is 36.8 Å². The first-order chi connectivity index (χ1) is 5.11. The molecule has 3 heteroatoms. The Morgan fingerprint density at radius 1 is 1.45 bits per heavy atom. The molecular formula is C8H10O3. The first-order valence-corrected chi connectivity index (χ1v) is 2.98. The van der Waals surface area contributed by atoms with E-state index in [-0.39, 0.29) is 0 Å². The van der Waals surface area contributed by atoms with Gasteiger partial charge in [-0.25, -0.2) is 4.79 Å². The fourth-order valence-electron chi connectivity index (χ4n) is 0.305. The van der Waals surface area contributed by atoms with Crippen molar-refractivity contribution in [2.75, 3.05) is 0 Å². The van der Waals surface area contributed by atoms with Crippen LogP contribution < -0.4 is 0 Å². The number of carbonyl (C=O) groups is 1. The molecule has 0 unspecified atom stereocenters. The van der Waals surface area contributed by atoms with Crippen molar-refractivity contribution in [1.29, 1.82) is 0 Å². The molecule has 11 heavy (non-hydrogen) atoms. The zero-order valence-corrected chi connectivity index (χ0v) is 6.33. The van der Waals surface area contributed by atoms with E-state index < -0.39 is 11.9 Å². The number of ether oxygens (including phenoxy) is 1. The lowest BCUT2D eigenvalue weighted by Crippen LogP contribution is -2.00. The van der Waals surface area contributed by atoms with E-state index in [4.69, 9.17) is 5.11 Å². The van der Waals surface area contributed by atoms with E-state index in [1.54, 1.807) is 6.92 Å². The summed E-state index contributed by atoms with van der Waals surface area (Å²) in [7, 11) is 0. The molecule has 60 valence electrons. The number of allylic oxidation sites excluding steroid dienone is 2. The lowest BCUT2D eigenvalue weighted by Gasteiger charge is -1.99. The first-order valence-electron chi connectivity index (χ1n) is 2.98. The predicted octanol–water partition coefficient (Wildman–Crippen LogP) is 1.69. The number of esters is 1. The molecule has 0 fully saturated rings. The van der Waals surface area contributed by atoms with Crippen LogP contribution in [0, 0.1) is 0 Å². The molecule has 0 saturated heterocycles. The van der Waals surface area contributed by atoms with Gasteiger partial charge in [-0.15, -0.1) is 0 Å². The lowest BCUT2D eigenvalue weighted by molar-refractivity contribution is -0.137. The smallest absolute Gasteiger partial charge is 0.337 e. The third-order valence-corrected chi connectivity index (χ3v) is 1.01. The van der Waals surface area contributed by atoms with Crippen molar-refractivity contribution in [3.05, 3.63) is 36.8 Å². The largest absolute Gasteiger partial charge is 0.480 e. The van der Waals surface area contributed by atoms with Gasteiger partial charge in [-0.2, -0.15) is 0 Å². The van der Waals surface area contributed by atoms with Crippen molar-refractivity contribution >= 4 is 5.97 Å². The third-order valence-electron chi connectivity index (χ3n) is 1.01. The second-order valence-electron chi connectivity index (χ2n) is 1.82. The minimum Gasteiger partial charge on any atom is -0.480 e. The molecule has 0 rings (SSSR count). The molecule has 0 atom stereocenters. The van der Waals surface area contributed by atoms with Crippen LogP contribution in [0.2, 0.25) is 0 Å². The van der Waals surface area contributed by atoms with E-state index >= 15 is 0 Å². The van der Waals surface area contributed by atoms with E-state index in [0.29, 0.717) is 5.57 Å². The minimum absolute atomic E-state index is 0.403. The van der Waals surface area contributed by atoms with Crippen LogP contribution in [0.1, 0.15) is 6.92 Å². The molecule has 0 aliphatic rings. The minimum atomic E-state index is -0.691. The van der Waals surface area contributed by atoms with Gasteiger partial charge in [-0.05, 0) is 6.92 Å². The maximum Gasteiger partial charge on any atom is 0.337 e. The van der Waals surface area contributed by atoms with E-state index in [0.717, 1.165) is 6.08 Å². The molecule has 0 bridgehead atoms. The molecule has 0 aromatic carbocycles. The maximum absolute atomic E-state index is 10.5. The summed E-state index contributed by atoms with van der Waals surface area (Å²) >= 11 is 0. The summed E-state index contributed by atoms with van der Waals surface area (Å²) in [5.74, 6) is -1.13. The Hall–Kier alpha value is -1.51. The van der Waals surface area contributed by atoms with Gasteiger partial charge < -0.3 is 9.84 Å². The highest BCUT2D eigenvalue weighted by atomic mass is 16.6. The Morgan fingerprint density at radius 3 is 2.36 bits per heavy atom. The molecular weight excluding hydrogens is 144 g/mol. The Morgan fingerprint density at radius 2 is 2.00 bits per heavy atom. The number of hydrogen-bond acceptors (Lipinski definition) is 3. The molecule has 0 aromatic rings. The van der Waals surface area contributed by atoms with Crippen molar-refractivity contribution in [2.24, 2.45) is 0 Å². The van der Waals surface area contributed by atoms with Crippen LogP contribution in [-0.4, -0.2) is 11.1 Å². The summed E-state index contributed by atoms with van der Waals surface area (Å²) in [6.07, 6.45) is 2.35. The van der Waals surface area contributed by atoms with Crippen LogP contribution in [0.3, 0.4) is 0 Å². The highest BCUT2D eigenvalue weighted by molar-refractivity contribution is 5.81. The lowest BCUT2D eigenvalue weighted by atomic mass is 10.3. The molecule has 0 spiro atoms. The van der Waals surface area contributed by atoms with Gasteiger partial charge in [0, 0.05) is 11.6 Å². The van der Waals surface area contributed by atoms with Crippen molar-refractivity contribution in [3.63, 3.8) is 0 Å². The summed E-state index contributed by atoms with van der Waals surface area (Å²) in [6, 6.07) is 0. The van der Waals surface area contributed by atoms with Gasteiger partial charge in [-0.3, -0.25) is 0 Å². The zero-order valence-electron chi connectivity index (χ0n) is 6.33. The highest BCUT2D eigenvalue weighted by Gasteiger charge is 2.01. The fraction of sp³-hybridized carbons (Fsp3) is 0.125. The van der Waals surface area contributed by atoms with E-state index in [1.165, 1.54) is 6.08 Å². The Kier molecular flexibility index (Phi) is 3.73. The zero-order chi connectivity index (χ0) is 8.85. The number of carbonyl (C=O) groups excluding carboxylic acids is 1. The second kappa shape index (κ2) is 4.33. The first kappa shape index (κ1) is 9.49. The molecule has 0 aromatic heterocycles. The Bertz CT molecular complexity index is 213. The molecule has 0 amide bonds. The van der Waals surface area contributed by atoms with Gasteiger partial charge >= 0.3 is 5.97 Å². The number of aliphatic hydroxyl groups excluding tert-OH is 1. The average Bonchev–Trinajstić information content (AvgIpc) is 2.02. The monoisotopic (exact) mass is 154 g/mol. The normalized spacial score (nSPS) is 11.4. The van der Waals surface area contributed by atoms with Crippen LogP contribution in [-0.2, 0) is 9.53 Å². The van der Waals surface area contributed by atoms with E-state index in [2.05, 4.69) is 17.9 Å². The predicted molar refractivity (Wildman–Crippen MR) is 41.8 cm³/mol. The average molecular weight is 154 g/mol. The summed E-state index contributed by atoms with van der Waals surface area (Å²) < 4.78 is 4.36. The van der Waals surface area contributed by atoms with Crippen LogP contribution >= 0.6 is 0 Å². The van der Waals surface area contributed by atoms with Gasteiger partial charge in [0.05, 0.1) is 0 Å². The van der Waals surface area contributed by atoms with Crippen LogP contribution in [0.4, 0.5) is 0 Å². The SMILES string of the molecule is C=CC(=O)O/C(O)=C(/C)C=C. The van der Waals surface area contributed by atoms with Gasteiger partial charge in [-0.1, -0.05) is 19.2 Å². The van der Waals surface area contributed by atoms with Crippen molar-refractivity contribution in [2.45, 2.75) is 6.92 Å². The summed E-state index contributed by atoms with van der Waals surface area (Å²) in [5, 5.41) is 8.94. The number of rotatable bonds is 3. The molecule has 0 aliphatic heterocycles. The van der Waals surface area contributed by atoms with Gasteiger partial charge in [0.1, 0.15) is 0 Å². The van der Waals surface area contributed by atoms with Crippen LogP contribution in [0.5, 0.6) is 0 Å². The Labute approximate surface area is 65.3 Å². The van der Waals surface area contributed by atoms with Crippen molar-refractivity contribution < 1.29 is 14.6 Å². The summed E-state index contributed by atoms with van der Waals surface area (Å²) in [5.41, 5.74) is 0.403. The standard InChI is InChI=1S/C8H10O3/c1-4-6(3)8(10)11-7(9)5-2/h4-5,10H,1-2H2,3H3/b8-6-.